The first-order chi connectivity index (χ1) is 6.41. The molecule has 0 spiro atoms. The first kappa shape index (κ1) is 10.2. The zero-order valence-electron chi connectivity index (χ0n) is 9.29. The molecule has 0 amide bonds. The number of rotatable bonds is 1. The smallest absolute Gasteiger partial charge is 0.400 e. The van der Waals surface area contributed by atoms with Gasteiger partial charge in [0.25, 0.3) is 0 Å². The third kappa shape index (κ3) is 1.62. The molecular weight excluding hydrogens is 179 g/mol. The fourth-order valence-electron chi connectivity index (χ4n) is 1.47. The lowest BCUT2D eigenvalue weighted by molar-refractivity contribution is 0.00578. The molecule has 0 aliphatic carbocycles. The summed E-state index contributed by atoms with van der Waals surface area (Å²) in [6.45, 7) is 9.69. The van der Waals surface area contributed by atoms with Crippen molar-refractivity contribution >= 4 is 7.12 Å². The van der Waals surface area contributed by atoms with Gasteiger partial charge in [0.2, 0.25) is 0 Å². The minimum absolute atomic E-state index is 0.209. The second-order valence-corrected chi connectivity index (χ2v) is 4.94. The van der Waals surface area contributed by atoms with E-state index >= 15 is 0 Å². The van der Waals surface area contributed by atoms with Crippen LogP contribution >= 0.6 is 0 Å². The van der Waals surface area contributed by atoms with E-state index in [0.717, 1.165) is 13.2 Å². The lowest BCUT2D eigenvalue weighted by atomic mass is 9.86. The average molecular weight is 196 g/mol. The van der Waals surface area contributed by atoms with E-state index in [1.165, 1.54) is 5.57 Å². The lowest BCUT2D eigenvalue weighted by Crippen LogP contribution is -2.41. The fourth-order valence-corrected chi connectivity index (χ4v) is 1.47. The largest absolute Gasteiger partial charge is 0.487 e. The van der Waals surface area contributed by atoms with Crippen LogP contribution in [0.4, 0.5) is 0 Å². The third-order valence-corrected chi connectivity index (χ3v) is 3.22. The summed E-state index contributed by atoms with van der Waals surface area (Å²) in [5.41, 5.74) is 0.794. The van der Waals surface area contributed by atoms with E-state index in [9.17, 15) is 0 Å². The van der Waals surface area contributed by atoms with Gasteiger partial charge in [-0.2, -0.15) is 0 Å². The highest BCUT2D eigenvalue weighted by atomic mass is 16.7. The average Bonchev–Trinajstić information content (AvgIpc) is 2.13. The van der Waals surface area contributed by atoms with Gasteiger partial charge in [-0.05, 0) is 33.3 Å². The Bertz CT molecular complexity index is 249. The van der Waals surface area contributed by atoms with Crippen LogP contribution in [0.15, 0.2) is 11.5 Å². The van der Waals surface area contributed by atoms with Crippen molar-refractivity contribution < 1.29 is 14.0 Å². The van der Waals surface area contributed by atoms with Crippen LogP contribution in [-0.4, -0.2) is 31.5 Å². The van der Waals surface area contributed by atoms with Gasteiger partial charge in [-0.3, -0.25) is 0 Å². The fraction of sp³-hybridized carbons (Fsp3) is 0.800. The van der Waals surface area contributed by atoms with Gasteiger partial charge < -0.3 is 14.0 Å². The maximum absolute atomic E-state index is 5.82. The Morgan fingerprint density at radius 1 is 1.07 bits per heavy atom. The van der Waals surface area contributed by atoms with Crippen molar-refractivity contribution in [3.05, 3.63) is 11.5 Å². The second kappa shape index (κ2) is 3.09. The molecule has 2 rings (SSSR count). The molecule has 2 fully saturated rings. The maximum atomic E-state index is 5.82. The molecule has 2 aliphatic heterocycles. The van der Waals surface area contributed by atoms with Gasteiger partial charge in [-0.25, -0.2) is 0 Å². The van der Waals surface area contributed by atoms with Gasteiger partial charge >= 0.3 is 7.12 Å². The monoisotopic (exact) mass is 196 g/mol. The van der Waals surface area contributed by atoms with Crippen LogP contribution in [0.2, 0.25) is 0 Å². The van der Waals surface area contributed by atoms with Crippen LogP contribution in [0.1, 0.15) is 27.7 Å². The van der Waals surface area contributed by atoms with Crippen LogP contribution in [-0.2, 0) is 14.0 Å². The van der Waals surface area contributed by atoms with Gasteiger partial charge in [0, 0.05) is 0 Å². The van der Waals surface area contributed by atoms with Crippen molar-refractivity contribution in [3.8, 4) is 0 Å². The standard InChI is InChI=1S/C10H17BO3/c1-9(2)10(3,4)14-11(13-9)5-8-6-12-7-8/h5H,6-7H2,1-4H3. The quantitative estimate of drug-likeness (QED) is 0.596. The Hall–Kier alpha value is -0.315. The van der Waals surface area contributed by atoms with E-state index in [2.05, 4.69) is 27.7 Å². The predicted octanol–water partition coefficient (Wildman–Crippen LogP) is 1.57. The Morgan fingerprint density at radius 2 is 1.57 bits per heavy atom. The summed E-state index contributed by atoms with van der Waals surface area (Å²) in [4.78, 5) is 0. The van der Waals surface area contributed by atoms with Crippen molar-refractivity contribution in [1.82, 2.24) is 0 Å². The van der Waals surface area contributed by atoms with Crippen molar-refractivity contribution in [3.63, 3.8) is 0 Å². The normalized spacial score (nSPS) is 28.9. The zero-order valence-corrected chi connectivity index (χ0v) is 9.29. The minimum Gasteiger partial charge on any atom is -0.400 e. The molecule has 0 N–H and O–H groups in total. The minimum atomic E-state index is -0.237. The summed E-state index contributed by atoms with van der Waals surface area (Å²) in [5, 5.41) is 0. The molecule has 4 heteroatoms. The summed E-state index contributed by atoms with van der Waals surface area (Å²) in [6, 6.07) is 0. The summed E-state index contributed by atoms with van der Waals surface area (Å²) < 4.78 is 16.7. The molecule has 2 heterocycles. The van der Waals surface area contributed by atoms with E-state index in [4.69, 9.17) is 14.0 Å². The van der Waals surface area contributed by atoms with Crippen molar-refractivity contribution in [2.45, 2.75) is 38.9 Å². The van der Waals surface area contributed by atoms with Crippen molar-refractivity contribution in [1.29, 1.82) is 0 Å². The first-order valence-corrected chi connectivity index (χ1v) is 5.04. The molecular formula is C10H17BO3. The molecule has 0 aromatic heterocycles. The summed E-state index contributed by atoms with van der Waals surface area (Å²) >= 11 is 0. The van der Waals surface area contributed by atoms with Crippen LogP contribution in [0, 0.1) is 0 Å². The van der Waals surface area contributed by atoms with Gasteiger partial charge in [-0.1, -0.05) is 5.98 Å². The Balaban J connectivity index is 2.06. The lowest BCUT2D eigenvalue weighted by Gasteiger charge is -2.32. The Labute approximate surface area is 85.6 Å². The molecule has 78 valence electrons. The predicted molar refractivity (Wildman–Crippen MR) is 55.0 cm³/mol. The molecule has 2 saturated heterocycles. The van der Waals surface area contributed by atoms with Crippen LogP contribution in [0.3, 0.4) is 0 Å². The van der Waals surface area contributed by atoms with Crippen LogP contribution in [0.25, 0.3) is 0 Å². The first-order valence-electron chi connectivity index (χ1n) is 5.04. The molecule has 2 aliphatic rings. The molecule has 0 aromatic carbocycles. The van der Waals surface area contributed by atoms with Gasteiger partial charge in [0.15, 0.2) is 0 Å². The zero-order chi connectivity index (χ0) is 10.4. The van der Waals surface area contributed by atoms with E-state index in [0.29, 0.717) is 0 Å². The number of ether oxygens (including phenoxy) is 1. The molecule has 14 heavy (non-hydrogen) atoms. The SMILES string of the molecule is CC1(C)OB(C=C2COC2)OC1(C)C. The molecule has 0 saturated carbocycles. The van der Waals surface area contributed by atoms with E-state index < -0.39 is 0 Å². The van der Waals surface area contributed by atoms with Gasteiger partial charge in [0.1, 0.15) is 0 Å². The highest BCUT2D eigenvalue weighted by Crippen LogP contribution is 2.37. The molecule has 0 aromatic rings. The van der Waals surface area contributed by atoms with E-state index in [-0.39, 0.29) is 18.3 Å². The highest BCUT2D eigenvalue weighted by Gasteiger charge is 2.50. The number of hydrogen-bond acceptors (Lipinski definition) is 3. The Kier molecular flexibility index (Phi) is 2.25. The van der Waals surface area contributed by atoms with E-state index in [1.807, 2.05) is 5.98 Å². The van der Waals surface area contributed by atoms with Crippen LogP contribution in [0.5, 0.6) is 0 Å². The van der Waals surface area contributed by atoms with Crippen molar-refractivity contribution in [2.24, 2.45) is 0 Å². The highest BCUT2D eigenvalue weighted by molar-refractivity contribution is 6.51. The van der Waals surface area contributed by atoms with Gasteiger partial charge in [0.05, 0.1) is 24.4 Å². The summed E-state index contributed by atoms with van der Waals surface area (Å²) in [7, 11) is -0.209. The van der Waals surface area contributed by atoms with E-state index in [1.54, 1.807) is 0 Å². The summed E-state index contributed by atoms with van der Waals surface area (Å²) in [6.07, 6.45) is 0. The second-order valence-electron chi connectivity index (χ2n) is 4.94. The maximum Gasteiger partial charge on any atom is 0.487 e. The Morgan fingerprint density at radius 3 is 1.93 bits per heavy atom. The third-order valence-electron chi connectivity index (χ3n) is 3.22. The molecule has 3 nitrogen and oxygen atoms in total. The number of hydrogen-bond donors (Lipinski definition) is 0. The topological polar surface area (TPSA) is 27.7 Å². The molecule has 0 unspecified atom stereocenters. The summed E-state index contributed by atoms with van der Waals surface area (Å²) in [5.74, 6) is 2.03. The van der Waals surface area contributed by atoms with Crippen LogP contribution < -0.4 is 0 Å². The molecule has 0 radical (unpaired) electrons. The van der Waals surface area contributed by atoms with Crippen molar-refractivity contribution in [2.75, 3.05) is 13.2 Å². The molecule has 0 bridgehead atoms. The molecule has 0 atom stereocenters. The van der Waals surface area contributed by atoms with Gasteiger partial charge in [-0.15, -0.1) is 0 Å².